The number of rotatable bonds is 7. The van der Waals surface area contributed by atoms with Crippen LogP contribution < -0.4 is 10.6 Å². The molecule has 1 aromatic rings. The van der Waals surface area contributed by atoms with Crippen molar-refractivity contribution in [3.63, 3.8) is 0 Å². The SMILES string of the molecule is CCCC(=O)Nc1ccc(C2(C(=O)NC(C)CC)CCC2)cc1. The van der Waals surface area contributed by atoms with Crippen molar-refractivity contribution in [2.24, 2.45) is 0 Å². The van der Waals surface area contributed by atoms with Crippen LogP contribution in [0.3, 0.4) is 0 Å². The van der Waals surface area contributed by atoms with Crippen molar-refractivity contribution in [1.82, 2.24) is 5.32 Å². The molecule has 0 aromatic heterocycles. The van der Waals surface area contributed by atoms with Gasteiger partial charge in [-0.2, -0.15) is 0 Å². The fourth-order valence-corrected chi connectivity index (χ4v) is 2.96. The molecule has 1 aliphatic rings. The molecule has 1 fully saturated rings. The fourth-order valence-electron chi connectivity index (χ4n) is 2.96. The molecule has 4 nitrogen and oxygen atoms in total. The summed E-state index contributed by atoms with van der Waals surface area (Å²) in [7, 11) is 0. The molecule has 0 heterocycles. The zero-order chi connectivity index (χ0) is 16.9. The predicted octanol–water partition coefficient (Wildman–Crippen LogP) is 3.76. The van der Waals surface area contributed by atoms with E-state index in [4.69, 9.17) is 0 Å². The lowest BCUT2D eigenvalue weighted by Crippen LogP contribution is -2.51. The van der Waals surface area contributed by atoms with Gasteiger partial charge in [0.1, 0.15) is 0 Å². The van der Waals surface area contributed by atoms with E-state index < -0.39 is 0 Å². The predicted molar refractivity (Wildman–Crippen MR) is 93.4 cm³/mol. The van der Waals surface area contributed by atoms with Crippen LogP contribution in [0.25, 0.3) is 0 Å². The molecule has 1 atom stereocenters. The van der Waals surface area contributed by atoms with Crippen LogP contribution in [0.5, 0.6) is 0 Å². The highest BCUT2D eigenvalue weighted by Gasteiger charge is 2.45. The summed E-state index contributed by atoms with van der Waals surface area (Å²) in [5, 5.41) is 6.01. The van der Waals surface area contributed by atoms with E-state index >= 15 is 0 Å². The number of hydrogen-bond donors (Lipinski definition) is 2. The third-order valence-corrected chi connectivity index (χ3v) is 4.83. The van der Waals surface area contributed by atoms with Crippen LogP contribution >= 0.6 is 0 Å². The third kappa shape index (κ3) is 3.92. The Morgan fingerprint density at radius 2 is 1.83 bits per heavy atom. The Balaban J connectivity index is 2.09. The van der Waals surface area contributed by atoms with Crippen LogP contribution in [-0.2, 0) is 15.0 Å². The molecule has 4 heteroatoms. The van der Waals surface area contributed by atoms with Crippen LogP contribution in [0.2, 0.25) is 0 Å². The van der Waals surface area contributed by atoms with Crippen molar-refractivity contribution < 1.29 is 9.59 Å². The zero-order valence-electron chi connectivity index (χ0n) is 14.4. The van der Waals surface area contributed by atoms with E-state index in [-0.39, 0.29) is 23.3 Å². The normalized spacial score (nSPS) is 17.0. The third-order valence-electron chi connectivity index (χ3n) is 4.83. The summed E-state index contributed by atoms with van der Waals surface area (Å²) in [4.78, 5) is 24.3. The summed E-state index contributed by atoms with van der Waals surface area (Å²) >= 11 is 0. The number of benzene rings is 1. The molecule has 0 saturated heterocycles. The monoisotopic (exact) mass is 316 g/mol. The van der Waals surface area contributed by atoms with Gasteiger partial charge in [-0.3, -0.25) is 9.59 Å². The highest BCUT2D eigenvalue weighted by molar-refractivity contribution is 5.91. The largest absolute Gasteiger partial charge is 0.353 e. The number of anilines is 1. The molecule has 1 saturated carbocycles. The maximum Gasteiger partial charge on any atom is 0.230 e. The smallest absolute Gasteiger partial charge is 0.230 e. The van der Waals surface area contributed by atoms with Crippen LogP contribution in [0.15, 0.2) is 24.3 Å². The lowest BCUT2D eigenvalue weighted by atomic mass is 9.63. The van der Waals surface area contributed by atoms with E-state index in [1.165, 1.54) is 0 Å². The number of nitrogens with one attached hydrogen (secondary N) is 2. The van der Waals surface area contributed by atoms with Gasteiger partial charge in [-0.05, 0) is 50.3 Å². The minimum atomic E-state index is -0.380. The maximum absolute atomic E-state index is 12.7. The number of carbonyl (C=O) groups is 2. The average molecular weight is 316 g/mol. The maximum atomic E-state index is 12.7. The minimum absolute atomic E-state index is 0.0353. The van der Waals surface area contributed by atoms with Gasteiger partial charge in [0.05, 0.1) is 5.41 Å². The van der Waals surface area contributed by atoms with E-state index in [0.29, 0.717) is 6.42 Å². The number of carbonyl (C=O) groups excluding carboxylic acids is 2. The number of hydrogen-bond acceptors (Lipinski definition) is 2. The van der Waals surface area contributed by atoms with Gasteiger partial charge in [-0.25, -0.2) is 0 Å². The van der Waals surface area contributed by atoms with Gasteiger partial charge >= 0.3 is 0 Å². The van der Waals surface area contributed by atoms with Crippen molar-refractivity contribution in [3.8, 4) is 0 Å². The molecular weight excluding hydrogens is 288 g/mol. The second-order valence-electron chi connectivity index (χ2n) is 6.59. The molecule has 23 heavy (non-hydrogen) atoms. The van der Waals surface area contributed by atoms with Crippen molar-refractivity contribution >= 4 is 17.5 Å². The highest BCUT2D eigenvalue weighted by Crippen LogP contribution is 2.44. The highest BCUT2D eigenvalue weighted by atomic mass is 16.2. The first kappa shape index (κ1) is 17.5. The minimum Gasteiger partial charge on any atom is -0.353 e. The first-order valence-corrected chi connectivity index (χ1v) is 8.73. The molecule has 1 aromatic carbocycles. The molecule has 0 bridgehead atoms. The van der Waals surface area contributed by atoms with Gasteiger partial charge in [0.15, 0.2) is 0 Å². The molecule has 2 rings (SSSR count). The van der Waals surface area contributed by atoms with Crippen molar-refractivity contribution in [2.45, 2.75) is 70.8 Å². The van der Waals surface area contributed by atoms with E-state index in [2.05, 4.69) is 17.6 Å². The molecule has 0 spiro atoms. The van der Waals surface area contributed by atoms with Crippen LogP contribution in [-0.4, -0.2) is 17.9 Å². The fraction of sp³-hybridized carbons (Fsp3) is 0.579. The summed E-state index contributed by atoms with van der Waals surface area (Å²) in [6.07, 6.45) is 5.19. The quantitative estimate of drug-likeness (QED) is 0.804. The van der Waals surface area contributed by atoms with Gasteiger partial charge in [-0.15, -0.1) is 0 Å². The van der Waals surface area contributed by atoms with E-state index in [9.17, 15) is 9.59 Å². The van der Waals surface area contributed by atoms with Crippen molar-refractivity contribution in [3.05, 3.63) is 29.8 Å². The first-order valence-electron chi connectivity index (χ1n) is 8.73. The van der Waals surface area contributed by atoms with E-state index in [0.717, 1.165) is 43.4 Å². The lowest BCUT2D eigenvalue weighted by Gasteiger charge is -2.41. The Kier molecular flexibility index (Phi) is 5.80. The summed E-state index contributed by atoms with van der Waals surface area (Å²) in [5.74, 6) is 0.175. The second kappa shape index (κ2) is 7.62. The molecule has 1 unspecified atom stereocenters. The number of amides is 2. The molecule has 2 N–H and O–H groups in total. The Labute approximate surface area is 139 Å². The van der Waals surface area contributed by atoms with Gasteiger partial charge in [-0.1, -0.05) is 32.4 Å². The van der Waals surface area contributed by atoms with Gasteiger partial charge < -0.3 is 10.6 Å². The summed E-state index contributed by atoms with van der Waals surface area (Å²) in [6, 6.07) is 7.97. The Hall–Kier alpha value is -1.84. The molecule has 126 valence electrons. The van der Waals surface area contributed by atoms with Crippen LogP contribution in [0.1, 0.15) is 64.9 Å². The van der Waals surface area contributed by atoms with Crippen molar-refractivity contribution in [2.75, 3.05) is 5.32 Å². The van der Waals surface area contributed by atoms with Crippen LogP contribution in [0, 0.1) is 0 Å². The average Bonchev–Trinajstić information content (AvgIpc) is 2.48. The van der Waals surface area contributed by atoms with E-state index in [1.807, 2.05) is 38.1 Å². The standard InChI is InChI=1S/C19H28N2O2/c1-4-7-17(22)21-16-10-8-15(9-11-16)19(12-6-13-19)18(23)20-14(3)5-2/h8-11,14H,4-7,12-13H2,1-3H3,(H,20,23)(H,21,22). The summed E-state index contributed by atoms with van der Waals surface area (Å²) in [6.45, 7) is 6.10. The molecule has 0 aliphatic heterocycles. The zero-order valence-corrected chi connectivity index (χ0v) is 14.4. The lowest BCUT2D eigenvalue weighted by molar-refractivity contribution is -0.130. The molecule has 1 aliphatic carbocycles. The van der Waals surface area contributed by atoms with Gasteiger partial charge in [0, 0.05) is 18.2 Å². The Morgan fingerprint density at radius 3 is 2.30 bits per heavy atom. The Bertz CT molecular complexity index is 547. The van der Waals surface area contributed by atoms with Gasteiger partial charge in [0.25, 0.3) is 0 Å². The topological polar surface area (TPSA) is 58.2 Å². The first-order chi connectivity index (χ1) is 11.0. The molecular formula is C19H28N2O2. The van der Waals surface area contributed by atoms with Gasteiger partial charge in [0.2, 0.25) is 11.8 Å². The molecule has 2 amide bonds. The summed E-state index contributed by atoms with van der Waals surface area (Å²) < 4.78 is 0. The van der Waals surface area contributed by atoms with Crippen LogP contribution in [0.4, 0.5) is 5.69 Å². The van der Waals surface area contributed by atoms with E-state index in [1.54, 1.807) is 0 Å². The summed E-state index contributed by atoms with van der Waals surface area (Å²) in [5.41, 5.74) is 1.47. The Morgan fingerprint density at radius 1 is 1.17 bits per heavy atom. The second-order valence-corrected chi connectivity index (χ2v) is 6.59. The molecule has 0 radical (unpaired) electrons. The van der Waals surface area contributed by atoms with Crippen molar-refractivity contribution in [1.29, 1.82) is 0 Å².